The van der Waals surface area contributed by atoms with E-state index < -0.39 is 0 Å². The van der Waals surface area contributed by atoms with E-state index in [-0.39, 0.29) is 5.38 Å². The molecule has 1 aromatic carbocycles. The number of hydrogen-bond donors (Lipinski definition) is 0. The maximum Gasteiger partial charge on any atom is 0.0712 e. The highest BCUT2D eigenvalue weighted by Crippen LogP contribution is 2.24. The number of ether oxygens (including phenoxy) is 2. The Morgan fingerprint density at radius 2 is 1.43 bits per heavy atom. The summed E-state index contributed by atoms with van der Waals surface area (Å²) in [5.74, 6) is 0.549. The van der Waals surface area contributed by atoms with Crippen LogP contribution < -0.4 is 0 Å². The zero-order valence-corrected chi connectivity index (χ0v) is 14.4. The van der Waals surface area contributed by atoms with Gasteiger partial charge in [-0.25, -0.2) is 0 Å². The Bertz CT molecular complexity index is 373. The fourth-order valence-corrected chi connectivity index (χ4v) is 2.50. The van der Waals surface area contributed by atoms with Crippen LogP contribution >= 0.6 is 11.6 Å². The summed E-state index contributed by atoms with van der Waals surface area (Å²) in [5, 5.41) is -0.0140. The van der Waals surface area contributed by atoms with Crippen molar-refractivity contribution in [3.8, 4) is 0 Å². The van der Waals surface area contributed by atoms with Gasteiger partial charge >= 0.3 is 0 Å². The fourth-order valence-electron chi connectivity index (χ4n) is 2.16. The number of halogens is 1. The molecule has 0 bridgehead atoms. The second-order valence-corrected chi connectivity index (χ2v) is 6.10. The Kier molecular flexibility index (Phi) is 8.93. The van der Waals surface area contributed by atoms with E-state index >= 15 is 0 Å². The molecule has 21 heavy (non-hydrogen) atoms. The van der Waals surface area contributed by atoms with Gasteiger partial charge in [-0.3, -0.25) is 4.90 Å². The molecule has 0 aliphatic rings. The van der Waals surface area contributed by atoms with E-state index in [4.69, 9.17) is 21.1 Å². The molecular weight excluding hydrogens is 286 g/mol. The first-order chi connectivity index (χ1) is 10.1. The van der Waals surface area contributed by atoms with Gasteiger partial charge in [-0.05, 0) is 17.0 Å². The second-order valence-electron chi connectivity index (χ2n) is 5.58. The summed E-state index contributed by atoms with van der Waals surface area (Å²) < 4.78 is 10.3. The van der Waals surface area contributed by atoms with Gasteiger partial charge < -0.3 is 9.47 Å². The molecule has 0 saturated heterocycles. The topological polar surface area (TPSA) is 21.7 Å². The first-order valence-electron chi connectivity index (χ1n) is 7.52. The molecule has 0 aliphatic heterocycles. The molecule has 1 atom stereocenters. The minimum absolute atomic E-state index is 0.0140. The Morgan fingerprint density at radius 3 is 1.86 bits per heavy atom. The molecule has 0 spiro atoms. The summed E-state index contributed by atoms with van der Waals surface area (Å²) in [7, 11) is 3.44. The van der Waals surface area contributed by atoms with Gasteiger partial charge in [0.1, 0.15) is 0 Å². The molecule has 0 N–H and O–H groups in total. The second kappa shape index (κ2) is 10.2. The number of methoxy groups -OCH3 is 2. The average Bonchev–Trinajstić information content (AvgIpc) is 2.49. The molecule has 1 unspecified atom stereocenters. The number of rotatable bonds is 10. The normalized spacial score (nSPS) is 13.1. The maximum absolute atomic E-state index is 6.57. The minimum Gasteiger partial charge on any atom is -0.383 e. The predicted molar refractivity (Wildman–Crippen MR) is 89.3 cm³/mol. The van der Waals surface area contributed by atoms with Crippen LogP contribution in [0.1, 0.15) is 36.3 Å². The molecule has 120 valence electrons. The van der Waals surface area contributed by atoms with E-state index in [0.717, 1.165) is 19.6 Å². The van der Waals surface area contributed by atoms with Gasteiger partial charge in [0, 0.05) is 33.9 Å². The van der Waals surface area contributed by atoms with Gasteiger partial charge in [0.15, 0.2) is 0 Å². The lowest BCUT2D eigenvalue weighted by Crippen LogP contribution is -2.33. The van der Waals surface area contributed by atoms with Crippen molar-refractivity contribution in [2.75, 3.05) is 47.1 Å². The standard InChI is InChI=1S/C17H28ClNO2/c1-14(2)15-5-7-16(8-6-15)17(18)13-19(9-11-20-3)10-12-21-4/h5-8,14,17H,9-13H2,1-4H3. The maximum atomic E-state index is 6.57. The molecule has 0 fully saturated rings. The van der Waals surface area contributed by atoms with Crippen molar-refractivity contribution in [3.63, 3.8) is 0 Å². The molecule has 0 radical (unpaired) electrons. The average molecular weight is 314 g/mol. The molecule has 4 heteroatoms. The van der Waals surface area contributed by atoms with E-state index in [1.54, 1.807) is 14.2 Å². The molecule has 0 saturated carbocycles. The zero-order chi connectivity index (χ0) is 15.7. The third kappa shape index (κ3) is 6.79. The van der Waals surface area contributed by atoms with Crippen molar-refractivity contribution < 1.29 is 9.47 Å². The van der Waals surface area contributed by atoms with E-state index in [1.807, 2.05) is 0 Å². The summed E-state index contributed by atoms with van der Waals surface area (Å²) in [6.45, 7) is 8.35. The quantitative estimate of drug-likeness (QED) is 0.615. The predicted octanol–water partition coefficient (Wildman–Crippen LogP) is 3.68. The smallest absolute Gasteiger partial charge is 0.0712 e. The Labute approximate surface area is 134 Å². The van der Waals surface area contributed by atoms with Crippen LogP contribution in [0, 0.1) is 0 Å². The SMILES string of the molecule is COCCN(CCOC)CC(Cl)c1ccc(C(C)C)cc1. The lowest BCUT2D eigenvalue weighted by molar-refractivity contribution is 0.114. The van der Waals surface area contributed by atoms with Gasteiger partial charge in [0.2, 0.25) is 0 Å². The van der Waals surface area contributed by atoms with Gasteiger partial charge in [0.05, 0.1) is 18.6 Å². The number of benzene rings is 1. The van der Waals surface area contributed by atoms with Crippen molar-refractivity contribution in [2.24, 2.45) is 0 Å². The highest BCUT2D eigenvalue weighted by molar-refractivity contribution is 6.21. The zero-order valence-electron chi connectivity index (χ0n) is 13.6. The summed E-state index contributed by atoms with van der Waals surface area (Å²) >= 11 is 6.57. The van der Waals surface area contributed by atoms with Crippen molar-refractivity contribution in [1.82, 2.24) is 4.90 Å². The van der Waals surface area contributed by atoms with Crippen LogP contribution in [0.5, 0.6) is 0 Å². The van der Waals surface area contributed by atoms with E-state index in [0.29, 0.717) is 19.1 Å². The van der Waals surface area contributed by atoms with Crippen LogP contribution in [0.2, 0.25) is 0 Å². The van der Waals surface area contributed by atoms with E-state index in [2.05, 4.69) is 43.0 Å². The van der Waals surface area contributed by atoms with Crippen LogP contribution in [0.15, 0.2) is 24.3 Å². The van der Waals surface area contributed by atoms with Crippen LogP contribution in [0.4, 0.5) is 0 Å². The van der Waals surface area contributed by atoms with Gasteiger partial charge in [0.25, 0.3) is 0 Å². The Morgan fingerprint density at radius 1 is 0.952 bits per heavy atom. The monoisotopic (exact) mass is 313 g/mol. The first-order valence-corrected chi connectivity index (χ1v) is 7.96. The van der Waals surface area contributed by atoms with Crippen LogP contribution in [0.25, 0.3) is 0 Å². The highest BCUT2D eigenvalue weighted by atomic mass is 35.5. The lowest BCUT2D eigenvalue weighted by atomic mass is 10.0. The third-order valence-corrected chi connectivity index (χ3v) is 4.00. The third-order valence-electron chi connectivity index (χ3n) is 3.61. The van der Waals surface area contributed by atoms with Gasteiger partial charge in [-0.2, -0.15) is 0 Å². The van der Waals surface area contributed by atoms with Gasteiger partial charge in [-0.15, -0.1) is 11.6 Å². The molecule has 0 aromatic heterocycles. The number of hydrogen-bond acceptors (Lipinski definition) is 3. The van der Waals surface area contributed by atoms with Gasteiger partial charge in [-0.1, -0.05) is 38.1 Å². The molecule has 0 amide bonds. The van der Waals surface area contributed by atoms with Crippen molar-refractivity contribution in [3.05, 3.63) is 35.4 Å². The largest absolute Gasteiger partial charge is 0.383 e. The molecular formula is C17H28ClNO2. The fraction of sp³-hybridized carbons (Fsp3) is 0.647. The molecule has 0 aliphatic carbocycles. The summed E-state index contributed by atoms with van der Waals surface area (Å²) in [5.41, 5.74) is 2.51. The molecule has 3 nitrogen and oxygen atoms in total. The summed E-state index contributed by atoms with van der Waals surface area (Å²) in [6.07, 6.45) is 0. The van der Waals surface area contributed by atoms with E-state index in [1.165, 1.54) is 11.1 Å². The highest BCUT2D eigenvalue weighted by Gasteiger charge is 2.14. The van der Waals surface area contributed by atoms with Crippen molar-refractivity contribution in [2.45, 2.75) is 25.1 Å². The van der Waals surface area contributed by atoms with Crippen LogP contribution in [-0.4, -0.2) is 52.0 Å². The lowest BCUT2D eigenvalue weighted by Gasteiger charge is -2.24. The minimum atomic E-state index is -0.0140. The van der Waals surface area contributed by atoms with Crippen molar-refractivity contribution in [1.29, 1.82) is 0 Å². The van der Waals surface area contributed by atoms with Crippen molar-refractivity contribution >= 4 is 11.6 Å². The summed E-state index contributed by atoms with van der Waals surface area (Å²) in [4.78, 5) is 2.28. The number of nitrogens with zero attached hydrogens (tertiary/aromatic N) is 1. The molecule has 1 aromatic rings. The Hall–Kier alpha value is -0.610. The van der Waals surface area contributed by atoms with Crippen LogP contribution in [-0.2, 0) is 9.47 Å². The molecule has 0 heterocycles. The first kappa shape index (κ1) is 18.4. The molecule has 1 rings (SSSR count). The number of alkyl halides is 1. The summed E-state index contributed by atoms with van der Waals surface area (Å²) in [6, 6.07) is 8.61. The van der Waals surface area contributed by atoms with Crippen LogP contribution in [0.3, 0.4) is 0 Å². The van der Waals surface area contributed by atoms with E-state index in [9.17, 15) is 0 Å². The Balaban J connectivity index is 2.59.